The number of amides is 1. The van der Waals surface area contributed by atoms with Gasteiger partial charge in [-0.3, -0.25) is 4.79 Å². The Morgan fingerprint density at radius 3 is 2.25 bits per heavy atom. The first-order chi connectivity index (χ1) is 11.5. The van der Waals surface area contributed by atoms with Gasteiger partial charge in [0.15, 0.2) is 0 Å². The third-order valence-electron chi connectivity index (χ3n) is 4.51. The van der Waals surface area contributed by atoms with Crippen LogP contribution < -0.4 is 10.2 Å². The van der Waals surface area contributed by atoms with Crippen LogP contribution in [-0.4, -0.2) is 29.0 Å². The summed E-state index contributed by atoms with van der Waals surface area (Å²) in [5.74, 6) is 0.656. The molecule has 0 saturated carbocycles. The van der Waals surface area contributed by atoms with Crippen molar-refractivity contribution in [2.45, 2.75) is 40.5 Å². The highest BCUT2D eigenvalue weighted by molar-refractivity contribution is 6.05. The minimum absolute atomic E-state index is 0.115. The van der Waals surface area contributed by atoms with Crippen molar-refractivity contribution in [2.75, 3.05) is 23.3 Å². The van der Waals surface area contributed by atoms with Crippen LogP contribution in [0.4, 0.5) is 11.6 Å². The fourth-order valence-corrected chi connectivity index (χ4v) is 3.19. The molecule has 1 N–H and O–H groups in total. The van der Waals surface area contributed by atoms with Crippen molar-refractivity contribution in [1.82, 2.24) is 9.97 Å². The van der Waals surface area contributed by atoms with E-state index in [0.29, 0.717) is 11.3 Å². The SMILES string of the molecule is Cc1ccc(C(=O)Nc2c(C)nc(N3CCCC3)nc2C)c(C)c1. The van der Waals surface area contributed by atoms with Crippen molar-refractivity contribution >= 4 is 17.5 Å². The number of aryl methyl sites for hydroxylation is 4. The average Bonchev–Trinajstić information content (AvgIpc) is 3.04. The molecule has 3 rings (SSSR count). The molecule has 2 aromatic rings. The summed E-state index contributed by atoms with van der Waals surface area (Å²) in [6.45, 7) is 9.83. The molecule has 0 spiro atoms. The van der Waals surface area contributed by atoms with Gasteiger partial charge < -0.3 is 10.2 Å². The lowest BCUT2D eigenvalue weighted by molar-refractivity contribution is 0.102. The zero-order valence-corrected chi connectivity index (χ0v) is 14.8. The maximum atomic E-state index is 12.6. The number of benzene rings is 1. The first kappa shape index (κ1) is 16.4. The highest BCUT2D eigenvalue weighted by Gasteiger charge is 2.19. The Balaban J connectivity index is 1.85. The zero-order chi connectivity index (χ0) is 17.3. The Morgan fingerprint density at radius 2 is 1.67 bits per heavy atom. The minimum atomic E-state index is -0.115. The van der Waals surface area contributed by atoms with E-state index in [9.17, 15) is 4.79 Å². The lowest BCUT2D eigenvalue weighted by Crippen LogP contribution is -2.22. The molecule has 0 atom stereocenters. The molecule has 0 bridgehead atoms. The fraction of sp³-hybridized carbons (Fsp3) is 0.421. The van der Waals surface area contributed by atoms with Crippen molar-refractivity contribution in [3.63, 3.8) is 0 Å². The molecule has 1 saturated heterocycles. The molecule has 0 aliphatic carbocycles. The smallest absolute Gasteiger partial charge is 0.256 e. The van der Waals surface area contributed by atoms with Crippen molar-refractivity contribution in [3.05, 3.63) is 46.3 Å². The Kier molecular flexibility index (Phi) is 4.51. The predicted molar refractivity (Wildman–Crippen MR) is 96.8 cm³/mol. The van der Waals surface area contributed by atoms with Gasteiger partial charge in [0.05, 0.1) is 17.1 Å². The highest BCUT2D eigenvalue weighted by atomic mass is 16.1. The molecule has 2 heterocycles. The molecule has 0 unspecified atom stereocenters. The molecule has 1 amide bonds. The summed E-state index contributed by atoms with van der Waals surface area (Å²) in [4.78, 5) is 24.0. The fourth-order valence-electron chi connectivity index (χ4n) is 3.19. The Morgan fingerprint density at radius 1 is 1.04 bits per heavy atom. The Bertz CT molecular complexity index is 756. The number of carbonyl (C=O) groups is 1. The quantitative estimate of drug-likeness (QED) is 0.938. The van der Waals surface area contributed by atoms with Crippen molar-refractivity contribution < 1.29 is 4.79 Å². The summed E-state index contributed by atoms with van der Waals surface area (Å²) >= 11 is 0. The van der Waals surface area contributed by atoms with Gasteiger partial charge in [-0.05, 0) is 52.2 Å². The number of nitrogens with one attached hydrogen (secondary N) is 1. The molecule has 24 heavy (non-hydrogen) atoms. The normalized spacial score (nSPS) is 14.1. The number of carbonyl (C=O) groups excluding carboxylic acids is 1. The number of anilines is 2. The van der Waals surface area contributed by atoms with Gasteiger partial charge in [-0.1, -0.05) is 17.7 Å². The summed E-state index contributed by atoms with van der Waals surface area (Å²) in [6, 6.07) is 5.83. The van der Waals surface area contributed by atoms with Gasteiger partial charge >= 0.3 is 0 Å². The summed E-state index contributed by atoms with van der Waals surface area (Å²) in [5, 5.41) is 2.99. The van der Waals surface area contributed by atoms with Crippen LogP contribution in [-0.2, 0) is 0 Å². The number of hydrogen-bond donors (Lipinski definition) is 1. The van der Waals surface area contributed by atoms with E-state index in [2.05, 4.69) is 20.2 Å². The highest BCUT2D eigenvalue weighted by Crippen LogP contribution is 2.23. The van der Waals surface area contributed by atoms with Gasteiger partial charge in [0.1, 0.15) is 0 Å². The summed E-state index contributed by atoms with van der Waals surface area (Å²) in [6.07, 6.45) is 2.37. The van der Waals surface area contributed by atoms with E-state index >= 15 is 0 Å². The Hall–Kier alpha value is -2.43. The average molecular weight is 324 g/mol. The van der Waals surface area contributed by atoms with Gasteiger partial charge in [0.25, 0.3) is 5.91 Å². The number of rotatable bonds is 3. The molecule has 1 aliphatic heterocycles. The second kappa shape index (κ2) is 6.59. The van der Waals surface area contributed by atoms with Crippen LogP contribution in [0.25, 0.3) is 0 Å². The lowest BCUT2D eigenvalue weighted by atomic mass is 10.1. The molecule has 5 heteroatoms. The van der Waals surface area contributed by atoms with Crippen molar-refractivity contribution in [1.29, 1.82) is 0 Å². The van der Waals surface area contributed by atoms with Crippen molar-refractivity contribution in [3.8, 4) is 0 Å². The number of nitrogens with zero attached hydrogens (tertiary/aromatic N) is 3. The predicted octanol–water partition coefficient (Wildman–Crippen LogP) is 3.56. The third kappa shape index (κ3) is 3.25. The minimum Gasteiger partial charge on any atom is -0.341 e. The first-order valence-corrected chi connectivity index (χ1v) is 8.44. The molecule has 1 aromatic carbocycles. The standard InChI is InChI=1S/C19H24N4O/c1-12-7-8-16(13(2)11-12)18(24)22-17-14(3)20-19(21-15(17)4)23-9-5-6-10-23/h7-8,11H,5-6,9-10H2,1-4H3,(H,22,24). The van der Waals surface area contributed by atoms with E-state index in [0.717, 1.165) is 41.6 Å². The molecule has 5 nitrogen and oxygen atoms in total. The number of hydrogen-bond acceptors (Lipinski definition) is 4. The van der Waals surface area contributed by atoms with Crippen molar-refractivity contribution in [2.24, 2.45) is 0 Å². The van der Waals surface area contributed by atoms with E-state index in [1.54, 1.807) is 0 Å². The van der Waals surface area contributed by atoms with Crippen LogP contribution in [0.15, 0.2) is 18.2 Å². The van der Waals surface area contributed by atoms with Crippen LogP contribution in [0.1, 0.15) is 45.7 Å². The zero-order valence-electron chi connectivity index (χ0n) is 14.8. The van der Waals surface area contributed by atoms with Gasteiger partial charge in [-0.2, -0.15) is 0 Å². The van der Waals surface area contributed by atoms with Gasteiger partial charge in [-0.25, -0.2) is 9.97 Å². The van der Waals surface area contributed by atoms with E-state index in [-0.39, 0.29) is 5.91 Å². The second-order valence-electron chi connectivity index (χ2n) is 6.54. The van der Waals surface area contributed by atoms with E-state index < -0.39 is 0 Å². The first-order valence-electron chi connectivity index (χ1n) is 8.44. The van der Waals surface area contributed by atoms with E-state index in [1.165, 1.54) is 12.8 Å². The largest absolute Gasteiger partial charge is 0.341 e. The second-order valence-corrected chi connectivity index (χ2v) is 6.54. The van der Waals surface area contributed by atoms with Crippen LogP contribution in [0, 0.1) is 27.7 Å². The molecule has 0 radical (unpaired) electrons. The summed E-state index contributed by atoms with van der Waals surface area (Å²) < 4.78 is 0. The molecular formula is C19H24N4O. The molecule has 1 aliphatic rings. The van der Waals surface area contributed by atoms with Gasteiger partial charge in [-0.15, -0.1) is 0 Å². The molecule has 1 fully saturated rings. The lowest BCUT2D eigenvalue weighted by Gasteiger charge is -2.18. The van der Waals surface area contributed by atoms with E-state index in [4.69, 9.17) is 0 Å². The van der Waals surface area contributed by atoms with Crippen LogP contribution >= 0.6 is 0 Å². The number of aromatic nitrogens is 2. The molecule has 1 aromatic heterocycles. The maximum absolute atomic E-state index is 12.6. The van der Waals surface area contributed by atoms with Crippen LogP contribution in [0.3, 0.4) is 0 Å². The van der Waals surface area contributed by atoms with E-state index in [1.807, 2.05) is 45.9 Å². The summed E-state index contributed by atoms with van der Waals surface area (Å²) in [7, 11) is 0. The van der Waals surface area contributed by atoms with Gasteiger partial charge in [0.2, 0.25) is 5.95 Å². The van der Waals surface area contributed by atoms with Gasteiger partial charge in [0, 0.05) is 18.7 Å². The van der Waals surface area contributed by atoms with Crippen LogP contribution in [0.5, 0.6) is 0 Å². The summed E-state index contributed by atoms with van der Waals surface area (Å²) in [5.41, 5.74) is 5.13. The van der Waals surface area contributed by atoms with Crippen LogP contribution in [0.2, 0.25) is 0 Å². The molecule has 126 valence electrons. The molecular weight excluding hydrogens is 300 g/mol. The topological polar surface area (TPSA) is 58.1 Å². The maximum Gasteiger partial charge on any atom is 0.256 e. The third-order valence-corrected chi connectivity index (χ3v) is 4.51. The Labute approximate surface area is 143 Å². The monoisotopic (exact) mass is 324 g/mol.